The Morgan fingerprint density at radius 2 is 1.68 bits per heavy atom. The van der Waals surface area contributed by atoms with Gasteiger partial charge in [-0.25, -0.2) is 0 Å². The summed E-state index contributed by atoms with van der Waals surface area (Å²) in [4.78, 5) is 31.5. The van der Waals surface area contributed by atoms with Crippen LogP contribution < -0.4 is 9.64 Å². The summed E-state index contributed by atoms with van der Waals surface area (Å²) in [6.45, 7) is 2.63. The first-order valence-electron chi connectivity index (χ1n) is 10.1. The maximum atomic E-state index is 13.0. The molecule has 0 aliphatic carbocycles. The van der Waals surface area contributed by atoms with Crippen molar-refractivity contribution in [2.45, 2.75) is 19.4 Å². The molecular weight excluding hydrogens is 392 g/mol. The van der Waals surface area contributed by atoms with Gasteiger partial charge >= 0.3 is 0 Å². The average Bonchev–Trinajstić information content (AvgIpc) is 3.09. The monoisotopic (exact) mass is 414 g/mol. The molecule has 31 heavy (non-hydrogen) atoms. The van der Waals surface area contributed by atoms with Crippen LogP contribution in [-0.2, 0) is 9.59 Å². The average molecular weight is 414 g/mol. The predicted molar refractivity (Wildman–Crippen MR) is 118 cm³/mol. The van der Waals surface area contributed by atoms with Crippen LogP contribution in [0.3, 0.4) is 0 Å². The first kappa shape index (κ1) is 20.3. The topological polar surface area (TPSA) is 79.7 Å². The number of anilines is 1. The Kier molecular flexibility index (Phi) is 5.80. The van der Waals surface area contributed by atoms with Crippen LogP contribution in [0.2, 0.25) is 0 Å². The molecule has 3 aromatic rings. The van der Waals surface area contributed by atoms with Crippen LogP contribution in [0.1, 0.15) is 30.5 Å². The normalized spacial score (nSPS) is 17.7. The van der Waals surface area contributed by atoms with Gasteiger partial charge in [0, 0.05) is 23.6 Å². The molecule has 0 spiro atoms. The number of benzene rings is 2. The molecule has 1 aliphatic rings. The lowest BCUT2D eigenvalue weighted by molar-refractivity contribution is -0.132. The van der Waals surface area contributed by atoms with Crippen LogP contribution in [-0.4, -0.2) is 28.4 Å². The molecule has 6 nitrogen and oxygen atoms in total. The van der Waals surface area contributed by atoms with E-state index in [4.69, 9.17) is 4.74 Å². The van der Waals surface area contributed by atoms with Crippen molar-refractivity contribution in [3.8, 4) is 5.75 Å². The van der Waals surface area contributed by atoms with Gasteiger partial charge in [-0.2, -0.15) is 0 Å². The number of rotatable bonds is 6. The fourth-order valence-corrected chi connectivity index (χ4v) is 3.63. The Morgan fingerprint density at radius 1 is 1.00 bits per heavy atom. The molecule has 0 saturated carbocycles. The number of Topliss-reactive ketones (excluding diaryl/α,β-unsaturated/α-hetero) is 1. The summed E-state index contributed by atoms with van der Waals surface area (Å²) in [7, 11) is 0. The van der Waals surface area contributed by atoms with Crippen molar-refractivity contribution in [1.82, 2.24) is 4.98 Å². The Hall–Kier alpha value is -3.93. The zero-order chi connectivity index (χ0) is 21.8. The van der Waals surface area contributed by atoms with Crippen molar-refractivity contribution >= 4 is 23.1 Å². The van der Waals surface area contributed by atoms with E-state index in [9.17, 15) is 14.7 Å². The highest BCUT2D eigenvalue weighted by molar-refractivity contribution is 6.51. The smallest absolute Gasteiger partial charge is 0.300 e. The maximum Gasteiger partial charge on any atom is 0.300 e. The van der Waals surface area contributed by atoms with Crippen LogP contribution in [0.25, 0.3) is 5.76 Å². The van der Waals surface area contributed by atoms with E-state index in [2.05, 4.69) is 4.98 Å². The number of aliphatic hydroxyl groups excluding tert-OH is 1. The SMILES string of the molecule is CCCOc1ccc(C2/C(=C(/O)c3ccncc3)C(=O)C(=O)N2c2ccccc2)cc1. The van der Waals surface area contributed by atoms with Crippen molar-refractivity contribution in [2.75, 3.05) is 11.5 Å². The van der Waals surface area contributed by atoms with Gasteiger partial charge in [-0.15, -0.1) is 0 Å². The van der Waals surface area contributed by atoms with E-state index in [0.29, 0.717) is 29.2 Å². The lowest BCUT2D eigenvalue weighted by Gasteiger charge is -2.25. The second-order valence-electron chi connectivity index (χ2n) is 7.16. The van der Waals surface area contributed by atoms with Crippen molar-refractivity contribution in [1.29, 1.82) is 0 Å². The van der Waals surface area contributed by atoms with Gasteiger partial charge in [0.1, 0.15) is 11.5 Å². The highest BCUT2D eigenvalue weighted by atomic mass is 16.5. The van der Waals surface area contributed by atoms with E-state index in [1.54, 1.807) is 36.4 Å². The van der Waals surface area contributed by atoms with Crippen molar-refractivity contribution in [2.24, 2.45) is 0 Å². The summed E-state index contributed by atoms with van der Waals surface area (Å²) in [6.07, 6.45) is 3.94. The van der Waals surface area contributed by atoms with Crippen LogP contribution in [0.4, 0.5) is 5.69 Å². The summed E-state index contributed by atoms with van der Waals surface area (Å²) in [5.41, 5.74) is 1.74. The quantitative estimate of drug-likeness (QED) is 0.365. The fourth-order valence-electron chi connectivity index (χ4n) is 3.63. The molecule has 1 fully saturated rings. The van der Waals surface area contributed by atoms with Gasteiger partial charge < -0.3 is 9.84 Å². The third-order valence-corrected chi connectivity index (χ3v) is 5.10. The number of carbonyl (C=O) groups is 2. The molecule has 2 heterocycles. The van der Waals surface area contributed by atoms with E-state index >= 15 is 0 Å². The number of nitrogens with zero attached hydrogens (tertiary/aromatic N) is 2. The van der Waals surface area contributed by atoms with Gasteiger partial charge in [0.05, 0.1) is 18.2 Å². The predicted octanol–water partition coefficient (Wildman–Crippen LogP) is 4.50. The van der Waals surface area contributed by atoms with Gasteiger partial charge in [-0.3, -0.25) is 19.5 Å². The van der Waals surface area contributed by atoms with Crippen LogP contribution >= 0.6 is 0 Å². The molecule has 0 radical (unpaired) electrons. The number of ketones is 1. The Bertz CT molecular complexity index is 1110. The highest BCUT2D eigenvalue weighted by Gasteiger charge is 2.46. The Balaban J connectivity index is 1.85. The second-order valence-corrected chi connectivity index (χ2v) is 7.16. The first-order chi connectivity index (χ1) is 15.1. The van der Waals surface area contributed by atoms with Crippen molar-refractivity contribution < 1.29 is 19.4 Å². The van der Waals surface area contributed by atoms with Gasteiger partial charge in [0.25, 0.3) is 11.7 Å². The summed E-state index contributed by atoms with van der Waals surface area (Å²) in [5, 5.41) is 11.0. The number of amides is 1. The van der Waals surface area contributed by atoms with E-state index in [-0.39, 0.29) is 11.3 Å². The third-order valence-electron chi connectivity index (χ3n) is 5.10. The molecule has 156 valence electrons. The van der Waals surface area contributed by atoms with Crippen molar-refractivity contribution in [3.05, 3.63) is 95.8 Å². The molecule has 1 aliphatic heterocycles. The number of hydrogen-bond acceptors (Lipinski definition) is 5. The molecule has 1 aromatic heterocycles. The van der Waals surface area contributed by atoms with E-state index in [0.717, 1.165) is 6.42 Å². The molecule has 4 rings (SSSR count). The minimum atomic E-state index is -0.768. The van der Waals surface area contributed by atoms with Gasteiger partial charge in [-0.05, 0) is 48.4 Å². The minimum Gasteiger partial charge on any atom is -0.507 e. The number of hydrogen-bond donors (Lipinski definition) is 1. The summed E-state index contributed by atoms with van der Waals surface area (Å²) >= 11 is 0. The van der Waals surface area contributed by atoms with Crippen LogP contribution in [0.15, 0.2) is 84.7 Å². The standard InChI is InChI=1S/C25H22N2O4/c1-2-16-31-20-10-8-17(9-11-20)22-21(23(28)18-12-14-26-15-13-18)24(29)25(30)27(22)19-6-4-3-5-7-19/h3-15,22,28H,2,16H2,1H3/b23-21-. The Morgan fingerprint density at radius 3 is 2.32 bits per heavy atom. The van der Waals surface area contributed by atoms with Gasteiger partial charge in [0.2, 0.25) is 0 Å². The summed E-state index contributed by atoms with van der Waals surface area (Å²) in [6, 6.07) is 18.7. The molecular formula is C25H22N2O4. The lowest BCUT2D eigenvalue weighted by atomic mass is 9.95. The minimum absolute atomic E-state index is 0.0438. The number of aliphatic hydroxyl groups is 1. The largest absolute Gasteiger partial charge is 0.507 e. The van der Waals surface area contributed by atoms with E-state index in [1.807, 2.05) is 37.3 Å². The molecule has 1 atom stereocenters. The van der Waals surface area contributed by atoms with Gasteiger partial charge in [0.15, 0.2) is 0 Å². The zero-order valence-corrected chi connectivity index (χ0v) is 17.1. The van der Waals surface area contributed by atoms with Crippen LogP contribution in [0, 0.1) is 0 Å². The molecule has 1 unspecified atom stereocenters. The van der Waals surface area contributed by atoms with E-state index in [1.165, 1.54) is 17.3 Å². The van der Waals surface area contributed by atoms with Gasteiger partial charge in [-0.1, -0.05) is 37.3 Å². The summed E-state index contributed by atoms with van der Waals surface area (Å²) in [5.74, 6) is -0.931. The molecule has 2 aromatic carbocycles. The third kappa shape index (κ3) is 3.92. The number of para-hydroxylation sites is 1. The first-order valence-corrected chi connectivity index (χ1v) is 10.1. The lowest BCUT2D eigenvalue weighted by Crippen LogP contribution is -2.29. The molecule has 6 heteroatoms. The summed E-state index contributed by atoms with van der Waals surface area (Å²) < 4.78 is 5.65. The second kappa shape index (κ2) is 8.83. The molecule has 1 amide bonds. The number of pyridine rings is 1. The Labute approximate surface area is 180 Å². The maximum absolute atomic E-state index is 13.0. The molecule has 1 N–H and O–H groups in total. The van der Waals surface area contributed by atoms with E-state index < -0.39 is 17.7 Å². The fraction of sp³-hybridized carbons (Fsp3) is 0.160. The zero-order valence-electron chi connectivity index (χ0n) is 17.1. The number of aromatic nitrogens is 1. The molecule has 0 bridgehead atoms. The van der Waals surface area contributed by atoms with Crippen LogP contribution in [0.5, 0.6) is 5.75 Å². The highest BCUT2D eigenvalue weighted by Crippen LogP contribution is 2.42. The molecule has 1 saturated heterocycles. The number of ether oxygens (including phenoxy) is 1. The van der Waals surface area contributed by atoms with Crippen molar-refractivity contribution in [3.63, 3.8) is 0 Å². The number of carbonyl (C=O) groups excluding carboxylic acids is 2.